The van der Waals surface area contributed by atoms with Crippen molar-refractivity contribution < 1.29 is 9.18 Å². The Morgan fingerprint density at radius 1 is 1.42 bits per heavy atom. The summed E-state index contributed by atoms with van der Waals surface area (Å²) < 4.78 is 13.1. The van der Waals surface area contributed by atoms with Gasteiger partial charge in [0.05, 0.1) is 6.42 Å². The van der Waals surface area contributed by atoms with Crippen LogP contribution in [0, 0.1) is 5.82 Å². The van der Waals surface area contributed by atoms with Crippen molar-refractivity contribution in [3.05, 3.63) is 34.6 Å². The Hall–Kier alpha value is -0.840. The van der Waals surface area contributed by atoms with E-state index < -0.39 is 5.82 Å². The smallest absolute Gasteiger partial charge is 0.224 e. The van der Waals surface area contributed by atoms with Crippen LogP contribution < -0.4 is 11.1 Å². The topological polar surface area (TPSA) is 55.1 Å². The zero-order chi connectivity index (χ0) is 13.1. The van der Waals surface area contributed by atoms with E-state index in [9.17, 15) is 9.18 Å². The fourth-order valence-corrected chi connectivity index (χ4v) is 2.57. The molecular formula is C13H17Cl2FN2O. The monoisotopic (exact) mass is 306 g/mol. The molecule has 1 fully saturated rings. The summed E-state index contributed by atoms with van der Waals surface area (Å²) in [5, 5.41) is 3.22. The number of amides is 1. The van der Waals surface area contributed by atoms with E-state index >= 15 is 0 Å². The summed E-state index contributed by atoms with van der Waals surface area (Å²) in [7, 11) is 0. The maximum absolute atomic E-state index is 13.1. The van der Waals surface area contributed by atoms with E-state index in [1.54, 1.807) is 6.07 Å². The summed E-state index contributed by atoms with van der Waals surface area (Å²) in [5.74, 6) is -0.538. The van der Waals surface area contributed by atoms with Gasteiger partial charge in [0.15, 0.2) is 0 Å². The van der Waals surface area contributed by atoms with E-state index in [0.717, 1.165) is 19.3 Å². The Bertz CT molecular complexity index is 436. The molecule has 0 radical (unpaired) electrons. The molecule has 0 saturated heterocycles. The molecule has 1 aromatic rings. The summed E-state index contributed by atoms with van der Waals surface area (Å²) in [6, 6.07) is 4.48. The van der Waals surface area contributed by atoms with Gasteiger partial charge in [-0.3, -0.25) is 4.79 Å². The standard InChI is InChI=1S/C13H16ClFN2O.ClH/c14-9-3-8(4-10(15)6-9)5-13(18)17-12-2-1-11(16)7-12;/h3-4,6,11-12H,1-2,5,7,16H2,(H,17,18);1H/t11-,12+;/m0./s1. The van der Waals surface area contributed by atoms with Crippen LogP contribution >= 0.6 is 24.0 Å². The lowest BCUT2D eigenvalue weighted by molar-refractivity contribution is -0.121. The van der Waals surface area contributed by atoms with Crippen molar-refractivity contribution in [2.24, 2.45) is 5.73 Å². The minimum Gasteiger partial charge on any atom is -0.353 e. The average Bonchev–Trinajstić information content (AvgIpc) is 2.61. The van der Waals surface area contributed by atoms with Gasteiger partial charge in [-0.2, -0.15) is 0 Å². The number of carbonyl (C=O) groups excluding carboxylic acids is 1. The summed E-state index contributed by atoms with van der Waals surface area (Å²) in [5.41, 5.74) is 6.36. The maximum atomic E-state index is 13.1. The zero-order valence-corrected chi connectivity index (χ0v) is 11.9. The molecule has 106 valence electrons. The SMILES string of the molecule is Cl.N[C@H]1CC[C@@H](NC(=O)Cc2cc(F)cc(Cl)c2)C1. The third kappa shape index (κ3) is 4.97. The van der Waals surface area contributed by atoms with E-state index in [4.69, 9.17) is 17.3 Å². The van der Waals surface area contributed by atoms with Crippen molar-refractivity contribution in [3.8, 4) is 0 Å². The number of rotatable bonds is 3. The first-order valence-electron chi connectivity index (χ1n) is 6.03. The van der Waals surface area contributed by atoms with Crippen molar-refractivity contribution in [1.29, 1.82) is 0 Å². The molecule has 1 saturated carbocycles. The van der Waals surface area contributed by atoms with E-state index in [2.05, 4.69) is 5.32 Å². The van der Waals surface area contributed by atoms with Gasteiger partial charge in [-0.15, -0.1) is 12.4 Å². The van der Waals surface area contributed by atoms with Crippen molar-refractivity contribution in [2.75, 3.05) is 0 Å². The molecule has 1 aliphatic rings. The third-order valence-electron chi connectivity index (χ3n) is 3.13. The molecule has 0 aliphatic heterocycles. The number of carbonyl (C=O) groups is 1. The Balaban J connectivity index is 0.00000180. The quantitative estimate of drug-likeness (QED) is 0.901. The molecule has 1 aromatic carbocycles. The van der Waals surface area contributed by atoms with Gasteiger partial charge in [0, 0.05) is 17.1 Å². The third-order valence-corrected chi connectivity index (χ3v) is 3.34. The molecule has 3 nitrogen and oxygen atoms in total. The highest BCUT2D eigenvalue weighted by Gasteiger charge is 2.23. The fraction of sp³-hybridized carbons (Fsp3) is 0.462. The molecule has 0 bridgehead atoms. The summed E-state index contributed by atoms with van der Waals surface area (Å²) in [4.78, 5) is 11.8. The zero-order valence-electron chi connectivity index (χ0n) is 10.4. The van der Waals surface area contributed by atoms with E-state index in [-0.39, 0.29) is 36.8 Å². The molecule has 1 aliphatic carbocycles. The summed E-state index contributed by atoms with van der Waals surface area (Å²) in [6.45, 7) is 0. The Morgan fingerprint density at radius 2 is 2.16 bits per heavy atom. The summed E-state index contributed by atoms with van der Waals surface area (Å²) in [6.07, 6.45) is 2.81. The number of hydrogen-bond donors (Lipinski definition) is 2. The minimum absolute atomic E-state index is 0. The largest absolute Gasteiger partial charge is 0.353 e. The van der Waals surface area contributed by atoms with Crippen molar-refractivity contribution >= 4 is 29.9 Å². The van der Waals surface area contributed by atoms with Crippen LogP contribution in [0.5, 0.6) is 0 Å². The second-order valence-corrected chi connectivity index (χ2v) is 5.23. The Morgan fingerprint density at radius 3 is 2.74 bits per heavy atom. The van der Waals surface area contributed by atoms with Crippen LogP contribution in [0.2, 0.25) is 5.02 Å². The maximum Gasteiger partial charge on any atom is 0.224 e. The van der Waals surface area contributed by atoms with Crippen molar-refractivity contribution in [1.82, 2.24) is 5.32 Å². The van der Waals surface area contributed by atoms with Gasteiger partial charge in [-0.05, 0) is 43.0 Å². The number of benzene rings is 1. The minimum atomic E-state index is -0.423. The van der Waals surface area contributed by atoms with E-state index in [1.807, 2.05) is 0 Å². The van der Waals surface area contributed by atoms with E-state index in [0.29, 0.717) is 10.6 Å². The Kier molecular flexibility index (Phi) is 6.04. The molecule has 0 unspecified atom stereocenters. The van der Waals surface area contributed by atoms with Gasteiger partial charge in [-0.1, -0.05) is 11.6 Å². The Labute approximate surface area is 123 Å². The molecule has 19 heavy (non-hydrogen) atoms. The van der Waals surface area contributed by atoms with Crippen LogP contribution in [0.15, 0.2) is 18.2 Å². The molecule has 6 heteroatoms. The van der Waals surface area contributed by atoms with Gasteiger partial charge in [0.25, 0.3) is 0 Å². The van der Waals surface area contributed by atoms with Crippen molar-refractivity contribution in [2.45, 2.75) is 37.8 Å². The van der Waals surface area contributed by atoms with Crippen LogP contribution in [0.1, 0.15) is 24.8 Å². The summed E-state index contributed by atoms with van der Waals surface area (Å²) >= 11 is 5.73. The highest BCUT2D eigenvalue weighted by atomic mass is 35.5. The first-order chi connectivity index (χ1) is 8.52. The normalized spacial score (nSPS) is 21.8. The van der Waals surface area contributed by atoms with Gasteiger partial charge < -0.3 is 11.1 Å². The molecule has 0 aromatic heterocycles. The predicted molar refractivity (Wildman–Crippen MR) is 76.1 cm³/mol. The molecule has 0 spiro atoms. The van der Waals surface area contributed by atoms with Crippen LogP contribution in [0.25, 0.3) is 0 Å². The average molecular weight is 307 g/mol. The fourth-order valence-electron chi connectivity index (χ4n) is 2.32. The number of nitrogens with one attached hydrogen (secondary N) is 1. The van der Waals surface area contributed by atoms with Crippen LogP contribution in [-0.2, 0) is 11.2 Å². The lowest BCUT2D eigenvalue weighted by Crippen LogP contribution is -2.35. The van der Waals surface area contributed by atoms with Gasteiger partial charge in [-0.25, -0.2) is 4.39 Å². The second-order valence-electron chi connectivity index (χ2n) is 4.79. The lowest BCUT2D eigenvalue weighted by atomic mass is 10.1. The first-order valence-corrected chi connectivity index (χ1v) is 6.40. The van der Waals surface area contributed by atoms with Crippen LogP contribution in [0.4, 0.5) is 4.39 Å². The predicted octanol–water partition coefficient (Wildman–Crippen LogP) is 2.44. The molecule has 0 heterocycles. The van der Waals surface area contributed by atoms with Gasteiger partial charge in [0.1, 0.15) is 5.82 Å². The molecule has 2 atom stereocenters. The molecule has 1 amide bonds. The van der Waals surface area contributed by atoms with Crippen LogP contribution in [-0.4, -0.2) is 18.0 Å². The van der Waals surface area contributed by atoms with Crippen LogP contribution in [0.3, 0.4) is 0 Å². The molecular weight excluding hydrogens is 290 g/mol. The number of hydrogen-bond acceptors (Lipinski definition) is 2. The van der Waals surface area contributed by atoms with Crippen molar-refractivity contribution in [3.63, 3.8) is 0 Å². The lowest BCUT2D eigenvalue weighted by Gasteiger charge is -2.12. The molecule has 3 N–H and O–H groups in total. The highest BCUT2D eigenvalue weighted by molar-refractivity contribution is 6.30. The number of nitrogens with two attached hydrogens (primary N) is 1. The van der Waals surface area contributed by atoms with E-state index in [1.165, 1.54) is 12.1 Å². The van der Waals surface area contributed by atoms with Gasteiger partial charge in [0.2, 0.25) is 5.91 Å². The molecule has 2 rings (SSSR count). The second kappa shape index (κ2) is 7.08. The van der Waals surface area contributed by atoms with Gasteiger partial charge >= 0.3 is 0 Å². The number of halogens is 3. The first kappa shape index (κ1) is 16.2. The highest BCUT2D eigenvalue weighted by Crippen LogP contribution is 2.18.